The maximum absolute atomic E-state index is 13.0. The fraction of sp³-hybridized carbons (Fsp3) is 0.632. The van der Waals surface area contributed by atoms with Gasteiger partial charge in [-0.15, -0.1) is 11.8 Å². The number of carbonyl (C=O) groups excluding carboxylic acids is 1. The predicted molar refractivity (Wildman–Crippen MR) is 104 cm³/mol. The van der Waals surface area contributed by atoms with Gasteiger partial charge >= 0.3 is 0 Å². The highest BCUT2D eigenvalue weighted by Crippen LogP contribution is 2.30. The van der Waals surface area contributed by atoms with Gasteiger partial charge in [-0.25, -0.2) is 8.42 Å². The van der Waals surface area contributed by atoms with Gasteiger partial charge in [0.05, 0.1) is 24.4 Å². The summed E-state index contributed by atoms with van der Waals surface area (Å²) in [5.41, 5.74) is 0. The fourth-order valence-corrected chi connectivity index (χ4v) is 6.43. The van der Waals surface area contributed by atoms with Gasteiger partial charge < -0.3 is 9.64 Å². The van der Waals surface area contributed by atoms with Crippen molar-refractivity contribution >= 4 is 27.5 Å². The van der Waals surface area contributed by atoms with E-state index in [9.17, 15) is 13.2 Å². The molecule has 1 heterocycles. The van der Waals surface area contributed by atoms with Crippen LogP contribution in [-0.2, 0) is 14.6 Å². The first kappa shape index (κ1) is 19.5. The second kappa shape index (κ2) is 8.65. The Balaban J connectivity index is 1.67. The molecule has 0 aromatic heterocycles. The Morgan fingerprint density at radius 1 is 1.12 bits per heavy atom. The molecule has 144 valence electrons. The van der Waals surface area contributed by atoms with E-state index in [1.165, 1.54) is 18.2 Å². The molecule has 1 aromatic carbocycles. The van der Waals surface area contributed by atoms with Gasteiger partial charge in [-0.1, -0.05) is 19.3 Å². The molecule has 26 heavy (non-hydrogen) atoms. The molecule has 1 saturated heterocycles. The number of nitrogens with zero attached hydrogens (tertiary/aromatic N) is 1. The number of hydrogen-bond acceptors (Lipinski definition) is 5. The van der Waals surface area contributed by atoms with E-state index in [1.807, 2.05) is 29.2 Å². The molecule has 0 radical (unpaired) electrons. The third-order valence-corrected chi connectivity index (χ3v) is 8.03. The van der Waals surface area contributed by atoms with Crippen LogP contribution in [0.15, 0.2) is 29.2 Å². The largest absolute Gasteiger partial charge is 0.497 e. The van der Waals surface area contributed by atoms with Gasteiger partial charge in [-0.3, -0.25) is 4.79 Å². The Morgan fingerprint density at radius 3 is 2.38 bits per heavy atom. The second-order valence-electron chi connectivity index (χ2n) is 7.11. The summed E-state index contributed by atoms with van der Waals surface area (Å²) in [7, 11) is -1.37. The maximum atomic E-state index is 13.0. The summed E-state index contributed by atoms with van der Waals surface area (Å²) in [6.07, 6.45) is 6.03. The van der Waals surface area contributed by atoms with E-state index < -0.39 is 9.84 Å². The number of methoxy groups -OCH3 is 1. The smallest absolute Gasteiger partial charge is 0.233 e. The molecule has 1 aliphatic heterocycles. The lowest BCUT2D eigenvalue weighted by molar-refractivity contribution is -0.133. The summed E-state index contributed by atoms with van der Waals surface area (Å²) in [5, 5.41) is 0. The van der Waals surface area contributed by atoms with E-state index in [0.29, 0.717) is 12.2 Å². The summed E-state index contributed by atoms with van der Waals surface area (Å²) in [6.45, 7) is 0. The van der Waals surface area contributed by atoms with E-state index in [-0.39, 0.29) is 29.5 Å². The predicted octanol–water partition coefficient (Wildman–Crippen LogP) is 3.14. The second-order valence-corrected chi connectivity index (χ2v) is 10.4. The standard InChI is InChI=1S/C19H27NO4S2/c1-24-17-7-9-18(10-8-17)25-13-19(21)20(15-5-3-2-4-6-15)16-11-12-26(22,23)14-16/h7-10,15-16H,2-6,11-14H2,1H3/t16-/m0/s1. The summed E-state index contributed by atoms with van der Waals surface area (Å²) >= 11 is 1.50. The molecule has 1 atom stereocenters. The van der Waals surface area contributed by atoms with Crippen molar-refractivity contribution in [3.8, 4) is 5.75 Å². The van der Waals surface area contributed by atoms with Crippen LogP contribution in [0.2, 0.25) is 0 Å². The van der Waals surface area contributed by atoms with Gasteiger partial charge in [0, 0.05) is 17.0 Å². The zero-order chi connectivity index (χ0) is 18.6. The maximum Gasteiger partial charge on any atom is 0.233 e. The first-order chi connectivity index (χ1) is 12.5. The Bertz CT molecular complexity index is 712. The first-order valence-corrected chi connectivity index (χ1v) is 12.1. The Hall–Kier alpha value is -1.21. The molecule has 7 heteroatoms. The lowest BCUT2D eigenvalue weighted by atomic mass is 9.93. The molecule has 2 aliphatic rings. The molecule has 3 rings (SSSR count). The molecule has 2 fully saturated rings. The quantitative estimate of drug-likeness (QED) is 0.690. The summed E-state index contributed by atoms with van der Waals surface area (Å²) in [4.78, 5) is 16.0. The summed E-state index contributed by atoms with van der Waals surface area (Å²) < 4.78 is 29.0. The lowest BCUT2D eigenvalue weighted by Gasteiger charge is -2.38. The number of ether oxygens (including phenoxy) is 1. The number of sulfone groups is 1. The van der Waals surface area contributed by atoms with Crippen LogP contribution in [0.5, 0.6) is 5.75 Å². The minimum atomic E-state index is -3.00. The number of amides is 1. The first-order valence-electron chi connectivity index (χ1n) is 9.27. The number of hydrogen-bond donors (Lipinski definition) is 0. The van der Waals surface area contributed by atoms with Crippen molar-refractivity contribution in [1.29, 1.82) is 0 Å². The van der Waals surface area contributed by atoms with Crippen LogP contribution in [0, 0.1) is 0 Å². The lowest BCUT2D eigenvalue weighted by Crippen LogP contribution is -2.49. The van der Waals surface area contributed by atoms with Crippen LogP contribution in [0.3, 0.4) is 0 Å². The monoisotopic (exact) mass is 397 g/mol. The van der Waals surface area contributed by atoms with E-state index >= 15 is 0 Å². The average Bonchev–Trinajstić information content (AvgIpc) is 3.01. The molecule has 0 spiro atoms. The van der Waals surface area contributed by atoms with Crippen molar-refractivity contribution in [3.05, 3.63) is 24.3 Å². The molecule has 1 aromatic rings. The fourth-order valence-electron chi connectivity index (χ4n) is 3.95. The summed E-state index contributed by atoms with van der Waals surface area (Å²) in [6, 6.07) is 7.71. The molecule has 5 nitrogen and oxygen atoms in total. The van der Waals surface area contributed by atoms with Crippen molar-refractivity contribution in [2.75, 3.05) is 24.4 Å². The van der Waals surface area contributed by atoms with E-state index in [0.717, 1.165) is 36.3 Å². The minimum Gasteiger partial charge on any atom is -0.497 e. The van der Waals surface area contributed by atoms with E-state index in [2.05, 4.69) is 0 Å². The molecule has 0 unspecified atom stereocenters. The third-order valence-electron chi connectivity index (χ3n) is 5.28. The van der Waals surface area contributed by atoms with E-state index in [1.54, 1.807) is 7.11 Å². The Kier molecular flexibility index (Phi) is 6.51. The number of rotatable bonds is 6. The summed E-state index contributed by atoms with van der Waals surface area (Å²) in [5.74, 6) is 1.54. The highest BCUT2D eigenvalue weighted by atomic mass is 32.2. The van der Waals surface area contributed by atoms with Crippen LogP contribution < -0.4 is 4.74 Å². The topological polar surface area (TPSA) is 63.7 Å². The van der Waals surface area contributed by atoms with Gasteiger partial charge in [0.1, 0.15) is 5.75 Å². The highest BCUT2D eigenvalue weighted by Gasteiger charge is 2.38. The molecular formula is C19H27NO4S2. The Labute approximate surface area is 160 Å². The molecule has 1 aliphatic carbocycles. The van der Waals surface area contributed by atoms with Crippen LogP contribution >= 0.6 is 11.8 Å². The number of thioether (sulfide) groups is 1. The molecule has 1 amide bonds. The molecule has 1 saturated carbocycles. The van der Waals surface area contributed by atoms with Crippen molar-refractivity contribution in [2.45, 2.75) is 55.5 Å². The van der Waals surface area contributed by atoms with Gasteiger partial charge in [-0.2, -0.15) is 0 Å². The average molecular weight is 398 g/mol. The number of benzene rings is 1. The third kappa shape index (κ3) is 4.94. The molecule has 0 N–H and O–H groups in total. The van der Waals surface area contributed by atoms with Crippen LogP contribution in [0.1, 0.15) is 38.5 Å². The van der Waals surface area contributed by atoms with Crippen molar-refractivity contribution in [1.82, 2.24) is 4.90 Å². The SMILES string of the molecule is COc1ccc(SCC(=O)N(C2CCCCC2)[C@H]2CCS(=O)(=O)C2)cc1. The normalized spacial score (nSPS) is 22.9. The van der Waals surface area contributed by atoms with Gasteiger partial charge in [-0.05, 0) is 43.5 Å². The van der Waals surface area contributed by atoms with Crippen molar-refractivity contribution in [2.24, 2.45) is 0 Å². The minimum absolute atomic E-state index is 0.0693. The van der Waals surface area contributed by atoms with Gasteiger partial charge in [0.25, 0.3) is 0 Å². The zero-order valence-electron chi connectivity index (χ0n) is 15.2. The van der Waals surface area contributed by atoms with Crippen LogP contribution in [0.4, 0.5) is 0 Å². The van der Waals surface area contributed by atoms with Gasteiger partial charge in [0.2, 0.25) is 5.91 Å². The van der Waals surface area contributed by atoms with Crippen molar-refractivity contribution < 1.29 is 17.9 Å². The Morgan fingerprint density at radius 2 is 1.81 bits per heavy atom. The molecule has 0 bridgehead atoms. The number of carbonyl (C=O) groups is 1. The van der Waals surface area contributed by atoms with Crippen LogP contribution in [0.25, 0.3) is 0 Å². The zero-order valence-corrected chi connectivity index (χ0v) is 16.9. The molecular weight excluding hydrogens is 370 g/mol. The van der Waals surface area contributed by atoms with Crippen molar-refractivity contribution in [3.63, 3.8) is 0 Å². The van der Waals surface area contributed by atoms with E-state index in [4.69, 9.17) is 4.74 Å². The highest BCUT2D eigenvalue weighted by molar-refractivity contribution is 8.00. The van der Waals surface area contributed by atoms with Gasteiger partial charge in [0.15, 0.2) is 9.84 Å². The van der Waals surface area contributed by atoms with Crippen LogP contribution in [-0.4, -0.2) is 55.7 Å².